The molecule has 0 amide bonds. The van der Waals surface area contributed by atoms with Gasteiger partial charge in [-0.1, -0.05) is 97.1 Å². The molecule has 0 bridgehead atoms. The summed E-state index contributed by atoms with van der Waals surface area (Å²) in [6.45, 7) is 8.28. The van der Waals surface area contributed by atoms with Crippen molar-refractivity contribution in [2.24, 2.45) is 0 Å². The SMILES string of the molecule is [C-]#[N+]c1cccc(-c2cccc(-n3c4ccccc4c4cc(C#N)ccc43)c2)c1-c1ccccc1-n1c2ccccc2c2cccc(C#N)c21. The minimum absolute atomic E-state index is 0.544. The van der Waals surface area contributed by atoms with E-state index < -0.39 is 0 Å². The molecule has 0 atom stereocenters. The monoisotopic (exact) mass is 635 g/mol. The van der Waals surface area contributed by atoms with Crippen LogP contribution >= 0.6 is 0 Å². The highest BCUT2D eigenvalue weighted by molar-refractivity contribution is 6.12. The summed E-state index contributed by atoms with van der Waals surface area (Å²) in [5.74, 6) is 0. The minimum Gasteiger partial charge on any atom is -0.309 e. The second-order valence-corrected chi connectivity index (χ2v) is 12.2. The van der Waals surface area contributed by atoms with E-state index in [1.54, 1.807) is 0 Å². The first-order valence-corrected chi connectivity index (χ1v) is 16.3. The van der Waals surface area contributed by atoms with Gasteiger partial charge >= 0.3 is 0 Å². The van der Waals surface area contributed by atoms with Gasteiger partial charge in [-0.25, -0.2) is 4.85 Å². The van der Waals surface area contributed by atoms with Gasteiger partial charge in [0.1, 0.15) is 6.07 Å². The van der Waals surface area contributed by atoms with Crippen molar-refractivity contribution in [1.29, 1.82) is 10.5 Å². The topological polar surface area (TPSA) is 61.8 Å². The minimum atomic E-state index is 0.544. The molecule has 9 rings (SSSR count). The number of fused-ring (bicyclic) bond motifs is 6. The maximum absolute atomic E-state index is 10.2. The molecule has 7 aromatic carbocycles. The number of hydrogen-bond acceptors (Lipinski definition) is 2. The fraction of sp³-hybridized carbons (Fsp3) is 0. The lowest BCUT2D eigenvalue weighted by atomic mass is 9.91. The first-order valence-electron chi connectivity index (χ1n) is 16.3. The molecule has 2 heterocycles. The average molecular weight is 636 g/mol. The quantitative estimate of drug-likeness (QED) is 0.181. The van der Waals surface area contributed by atoms with Gasteiger partial charge in [0.05, 0.1) is 51.5 Å². The lowest BCUT2D eigenvalue weighted by molar-refractivity contribution is 1.18. The van der Waals surface area contributed by atoms with E-state index in [1.807, 2.05) is 78.9 Å². The third kappa shape index (κ3) is 4.24. The fourth-order valence-electron chi connectivity index (χ4n) is 7.53. The molecule has 0 N–H and O–H groups in total. The Morgan fingerprint density at radius 2 is 1.18 bits per heavy atom. The molecule has 0 fully saturated rings. The molecule has 0 aliphatic carbocycles. The Morgan fingerprint density at radius 3 is 1.98 bits per heavy atom. The second-order valence-electron chi connectivity index (χ2n) is 12.2. The van der Waals surface area contributed by atoms with Gasteiger partial charge in [0.15, 0.2) is 5.69 Å². The number of nitrogens with zero attached hydrogens (tertiary/aromatic N) is 5. The van der Waals surface area contributed by atoms with Gasteiger partial charge in [-0.2, -0.15) is 10.5 Å². The second kappa shape index (κ2) is 11.4. The summed E-state index contributed by atoms with van der Waals surface area (Å²) in [5, 5.41) is 24.1. The number of benzene rings is 7. The lowest BCUT2D eigenvalue weighted by Crippen LogP contribution is -2.00. The van der Waals surface area contributed by atoms with Crippen LogP contribution in [0.5, 0.6) is 0 Å². The predicted octanol–water partition coefficient (Wildman–Crippen LogP) is 11.5. The van der Waals surface area contributed by atoms with E-state index in [4.69, 9.17) is 6.57 Å². The molecule has 230 valence electrons. The molecule has 9 aromatic rings. The van der Waals surface area contributed by atoms with Gasteiger partial charge in [-0.15, -0.1) is 0 Å². The van der Waals surface area contributed by atoms with E-state index in [0.29, 0.717) is 16.8 Å². The van der Waals surface area contributed by atoms with E-state index in [1.165, 1.54) is 0 Å². The van der Waals surface area contributed by atoms with Crippen molar-refractivity contribution in [3.63, 3.8) is 0 Å². The third-order valence-corrected chi connectivity index (χ3v) is 9.61. The molecule has 5 heteroatoms. The third-order valence-electron chi connectivity index (χ3n) is 9.61. The summed E-state index contributed by atoms with van der Waals surface area (Å²) in [6.07, 6.45) is 0. The Morgan fingerprint density at radius 1 is 0.520 bits per heavy atom. The Kier molecular flexibility index (Phi) is 6.56. The predicted molar refractivity (Wildman–Crippen MR) is 202 cm³/mol. The molecule has 0 saturated carbocycles. The molecular weight excluding hydrogens is 611 g/mol. The van der Waals surface area contributed by atoms with Crippen LogP contribution in [0.1, 0.15) is 11.1 Å². The molecule has 0 aliphatic rings. The van der Waals surface area contributed by atoms with E-state index in [0.717, 1.165) is 77.2 Å². The van der Waals surface area contributed by atoms with Crippen molar-refractivity contribution in [1.82, 2.24) is 9.13 Å². The largest absolute Gasteiger partial charge is 0.309 e. The van der Waals surface area contributed by atoms with Crippen LogP contribution in [0.3, 0.4) is 0 Å². The van der Waals surface area contributed by atoms with Gasteiger partial charge in [0, 0.05) is 27.2 Å². The van der Waals surface area contributed by atoms with E-state index in [-0.39, 0.29) is 0 Å². The van der Waals surface area contributed by atoms with Crippen molar-refractivity contribution in [2.45, 2.75) is 0 Å². The fourth-order valence-corrected chi connectivity index (χ4v) is 7.53. The van der Waals surface area contributed by atoms with Gasteiger partial charge in [-0.05, 0) is 76.9 Å². The van der Waals surface area contributed by atoms with Crippen LogP contribution in [-0.4, -0.2) is 9.13 Å². The van der Waals surface area contributed by atoms with E-state index in [2.05, 4.69) is 98.9 Å². The first-order chi connectivity index (χ1) is 24.7. The average Bonchev–Trinajstić information content (AvgIpc) is 3.70. The maximum atomic E-state index is 10.2. The van der Waals surface area contributed by atoms with Gasteiger partial charge in [0.2, 0.25) is 0 Å². The summed E-state index contributed by atoms with van der Waals surface area (Å²) < 4.78 is 4.41. The molecule has 0 radical (unpaired) electrons. The van der Waals surface area contributed by atoms with Crippen LogP contribution < -0.4 is 0 Å². The zero-order valence-corrected chi connectivity index (χ0v) is 26.7. The van der Waals surface area contributed by atoms with Crippen LogP contribution in [0.2, 0.25) is 0 Å². The van der Waals surface area contributed by atoms with Crippen molar-refractivity contribution in [2.75, 3.05) is 0 Å². The van der Waals surface area contributed by atoms with Gasteiger partial charge in [0.25, 0.3) is 0 Å². The summed E-state index contributed by atoms with van der Waals surface area (Å²) in [5.41, 5.74) is 11.2. The Hall–Kier alpha value is -7.39. The molecular formula is C45H25N5. The van der Waals surface area contributed by atoms with Crippen LogP contribution in [0.15, 0.2) is 152 Å². The number of hydrogen-bond donors (Lipinski definition) is 0. The first kappa shape index (κ1) is 28.8. The summed E-state index contributed by atoms with van der Waals surface area (Å²) in [7, 11) is 0. The highest BCUT2D eigenvalue weighted by Gasteiger charge is 2.21. The molecule has 0 aliphatic heterocycles. The van der Waals surface area contributed by atoms with Crippen molar-refractivity contribution in [3.8, 4) is 45.8 Å². The van der Waals surface area contributed by atoms with Crippen LogP contribution in [-0.2, 0) is 0 Å². The zero-order chi connectivity index (χ0) is 33.8. The van der Waals surface area contributed by atoms with E-state index in [9.17, 15) is 10.5 Å². The van der Waals surface area contributed by atoms with Gasteiger partial charge < -0.3 is 9.13 Å². The van der Waals surface area contributed by atoms with E-state index >= 15 is 0 Å². The lowest BCUT2D eigenvalue weighted by Gasteiger charge is -2.19. The number of nitriles is 2. The Balaban J connectivity index is 1.31. The summed E-state index contributed by atoms with van der Waals surface area (Å²) in [6, 6.07) is 55.4. The molecule has 50 heavy (non-hydrogen) atoms. The molecule has 0 unspecified atom stereocenters. The highest BCUT2D eigenvalue weighted by atomic mass is 15.0. The van der Waals surface area contributed by atoms with Crippen LogP contribution in [0.25, 0.3) is 82.1 Å². The molecule has 2 aromatic heterocycles. The van der Waals surface area contributed by atoms with Crippen LogP contribution in [0.4, 0.5) is 5.69 Å². The van der Waals surface area contributed by atoms with Crippen molar-refractivity contribution >= 4 is 49.3 Å². The summed E-state index contributed by atoms with van der Waals surface area (Å²) >= 11 is 0. The number of aromatic nitrogens is 2. The molecule has 5 nitrogen and oxygen atoms in total. The normalized spacial score (nSPS) is 11.1. The van der Waals surface area contributed by atoms with Gasteiger partial charge in [-0.3, -0.25) is 0 Å². The number of rotatable bonds is 4. The number of para-hydroxylation sites is 4. The van der Waals surface area contributed by atoms with Crippen molar-refractivity contribution in [3.05, 3.63) is 174 Å². The van der Waals surface area contributed by atoms with Crippen molar-refractivity contribution < 1.29 is 0 Å². The Bertz CT molecular complexity index is 2970. The van der Waals surface area contributed by atoms with Crippen LogP contribution in [0, 0.1) is 29.2 Å². The Labute approximate surface area is 288 Å². The summed E-state index contributed by atoms with van der Waals surface area (Å²) in [4.78, 5) is 4.04. The standard InChI is InChI=1S/C45H25N5/c1-48-39-19-10-17-33(30-11-8-13-32(26-30)49-40-20-5-3-15-35(40)38-25-29(27-46)23-24-43(38)49)44(39)37-16-4-7-22-42(37)50-41-21-6-2-14-34(41)36-18-9-12-31(28-47)45(36)50/h2-26H. The molecule has 0 spiro atoms. The smallest absolute Gasteiger partial charge is 0.195 e. The maximum Gasteiger partial charge on any atom is 0.195 e. The molecule has 0 saturated heterocycles. The highest BCUT2D eigenvalue weighted by Crippen LogP contribution is 2.45. The zero-order valence-electron chi connectivity index (χ0n) is 26.7.